The molecule has 92 valence electrons. The van der Waals surface area contributed by atoms with Crippen LogP contribution >= 0.6 is 23.2 Å². The van der Waals surface area contributed by atoms with Gasteiger partial charge in [-0.05, 0) is 18.1 Å². The van der Waals surface area contributed by atoms with Crippen LogP contribution in [0.1, 0.15) is 28.5 Å². The Bertz CT molecular complexity index is 579. The summed E-state index contributed by atoms with van der Waals surface area (Å²) in [6.45, 7) is 2.06. The second-order valence-corrected chi connectivity index (χ2v) is 4.71. The van der Waals surface area contributed by atoms with Crippen molar-refractivity contribution in [1.82, 2.24) is 4.98 Å². The maximum atomic E-state index is 12.2. The van der Waals surface area contributed by atoms with Crippen molar-refractivity contribution in [1.29, 1.82) is 0 Å². The lowest BCUT2D eigenvalue weighted by atomic mass is 10.0. The van der Waals surface area contributed by atoms with Gasteiger partial charge in [0.15, 0.2) is 0 Å². The molecule has 1 aromatic heterocycles. The molecule has 2 aromatic rings. The molecule has 0 aliphatic heterocycles. The van der Waals surface area contributed by atoms with Crippen LogP contribution in [0.15, 0.2) is 36.5 Å². The first-order chi connectivity index (χ1) is 8.61. The summed E-state index contributed by atoms with van der Waals surface area (Å²) in [4.78, 5) is 16.2. The third kappa shape index (κ3) is 2.71. The van der Waals surface area contributed by atoms with Gasteiger partial charge < -0.3 is 0 Å². The van der Waals surface area contributed by atoms with Crippen molar-refractivity contribution < 1.29 is 4.79 Å². The molecule has 0 radical (unpaired) electrons. The van der Waals surface area contributed by atoms with E-state index >= 15 is 0 Å². The standard InChI is InChI=1S/C14H11Cl2NO/c1-2-9-3-5-10(6-4-9)14(18)13-12(16)7-11(15)8-17-13/h3-8H,2H2,1H3. The molecule has 0 saturated carbocycles. The van der Waals surface area contributed by atoms with Crippen molar-refractivity contribution in [2.75, 3.05) is 0 Å². The van der Waals surface area contributed by atoms with Gasteiger partial charge in [0.05, 0.1) is 10.0 Å². The Hall–Kier alpha value is -1.38. The quantitative estimate of drug-likeness (QED) is 0.789. The number of hydrogen-bond donors (Lipinski definition) is 0. The molecule has 1 aromatic carbocycles. The summed E-state index contributed by atoms with van der Waals surface area (Å²) in [7, 11) is 0. The Morgan fingerprint density at radius 2 is 1.89 bits per heavy atom. The number of nitrogens with zero attached hydrogens (tertiary/aromatic N) is 1. The van der Waals surface area contributed by atoms with Gasteiger partial charge in [-0.15, -0.1) is 0 Å². The number of aryl methyl sites for hydroxylation is 1. The maximum absolute atomic E-state index is 12.2. The van der Waals surface area contributed by atoms with Crippen LogP contribution in [0.2, 0.25) is 10.0 Å². The van der Waals surface area contributed by atoms with E-state index in [1.54, 1.807) is 12.1 Å². The van der Waals surface area contributed by atoms with Crippen molar-refractivity contribution in [3.63, 3.8) is 0 Å². The van der Waals surface area contributed by atoms with Crippen LogP contribution in [-0.4, -0.2) is 10.8 Å². The molecule has 0 saturated heterocycles. The molecule has 0 spiro atoms. The SMILES string of the molecule is CCc1ccc(C(=O)c2ncc(Cl)cc2Cl)cc1. The number of halogens is 2. The van der Waals surface area contributed by atoms with Gasteiger partial charge in [0.1, 0.15) is 5.69 Å². The third-order valence-electron chi connectivity index (χ3n) is 2.65. The van der Waals surface area contributed by atoms with Gasteiger partial charge >= 0.3 is 0 Å². The zero-order chi connectivity index (χ0) is 13.1. The summed E-state index contributed by atoms with van der Waals surface area (Å²) in [5.74, 6) is -0.195. The van der Waals surface area contributed by atoms with Gasteiger partial charge in [-0.25, -0.2) is 4.98 Å². The first-order valence-electron chi connectivity index (χ1n) is 5.56. The minimum absolute atomic E-state index is 0.195. The van der Waals surface area contributed by atoms with E-state index in [9.17, 15) is 4.79 Å². The highest BCUT2D eigenvalue weighted by Gasteiger charge is 2.14. The van der Waals surface area contributed by atoms with Crippen LogP contribution in [0.25, 0.3) is 0 Å². The fourth-order valence-corrected chi connectivity index (χ4v) is 2.08. The molecule has 0 fully saturated rings. The Labute approximate surface area is 116 Å². The van der Waals surface area contributed by atoms with E-state index in [-0.39, 0.29) is 16.5 Å². The van der Waals surface area contributed by atoms with Gasteiger partial charge in [-0.2, -0.15) is 0 Å². The summed E-state index contributed by atoms with van der Waals surface area (Å²) in [5, 5.41) is 0.685. The molecule has 4 heteroatoms. The average molecular weight is 280 g/mol. The van der Waals surface area contributed by atoms with E-state index in [0.29, 0.717) is 10.6 Å². The smallest absolute Gasteiger partial charge is 0.212 e. The minimum Gasteiger partial charge on any atom is -0.287 e. The fourth-order valence-electron chi connectivity index (χ4n) is 1.61. The Morgan fingerprint density at radius 3 is 2.44 bits per heavy atom. The normalized spacial score (nSPS) is 10.4. The predicted octanol–water partition coefficient (Wildman–Crippen LogP) is 4.18. The number of pyridine rings is 1. The van der Waals surface area contributed by atoms with Crippen LogP contribution in [0.4, 0.5) is 0 Å². The maximum Gasteiger partial charge on any atom is 0.212 e. The summed E-state index contributed by atoms with van der Waals surface area (Å²) < 4.78 is 0. The lowest BCUT2D eigenvalue weighted by Gasteiger charge is -2.04. The largest absolute Gasteiger partial charge is 0.287 e. The zero-order valence-electron chi connectivity index (χ0n) is 9.78. The Morgan fingerprint density at radius 1 is 1.22 bits per heavy atom. The lowest BCUT2D eigenvalue weighted by Crippen LogP contribution is -2.05. The third-order valence-corrected chi connectivity index (χ3v) is 3.14. The number of ketones is 1. The van der Waals surface area contributed by atoms with E-state index in [1.807, 2.05) is 12.1 Å². The highest BCUT2D eigenvalue weighted by atomic mass is 35.5. The monoisotopic (exact) mass is 279 g/mol. The number of carbonyl (C=O) groups is 1. The second-order valence-electron chi connectivity index (χ2n) is 3.86. The summed E-state index contributed by atoms with van der Waals surface area (Å²) in [5.41, 5.74) is 1.98. The van der Waals surface area contributed by atoms with Gasteiger partial charge in [0.25, 0.3) is 0 Å². The molecule has 0 aliphatic carbocycles. The molecule has 1 heterocycles. The van der Waals surface area contributed by atoms with E-state index in [0.717, 1.165) is 6.42 Å². The van der Waals surface area contributed by atoms with Gasteiger partial charge in [0, 0.05) is 11.8 Å². The highest BCUT2D eigenvalue weighted by Crippen LogP contribution is 2.21. The zero-order valence-corrected chi connectivity index (χ0v) is 11.3. The van der Waals surface area contributed by atoms with E-state index in [2.05, 4.69) is 11.9 Å². The Balaban J connectivity index is 2.35. The molecule has 2 nitrogen and oxygen atoms in total. The predicted molar refractivity (Wildman–Crippen MR) is 73.5 cm³/mol. The first-order valence-corrected chi connectivity index (χ1v) is 6.32. The molecule has 0 unspecified atom stereocenters. The highest BCUT2D eigenvalue weighted by molar-refractivity contribution is 6.37. The number of benzene rings is 1. The summed E-state index contributed by atoms with van der Waals surface area (Å²) in [6.07, 6.45) is 2.36. The van der Waals surface area contributed by atoms with Gasteiger partial charge in [-0.1, -0.05) is 54.4 Å². The minimum atomic E-state index is -0.195. The number of carbonyl (C=O) groups excluding carboxylic acids is 1. The van der Waals surface area contributed by atoms with Gasteiger partial charge in [-0.3, -0.25) is 4.79 Å². The van der Waals surface area contributed by atoms with E-state index < -0.39 is 0 Å². The summed E-state index contributed by atoms with van der Waals surface area (Å²) in [6, 6.07) is 8.94. The van der Waals surface area contributed by atoms with Gasteiger partial charge in [0.2, 0.25) is 5.78 Å². The van der Waals surface area contributed by atoms with Crippen molar-refractivity contribution >= 4 is 29.0 Å². The van der Waals surface area contributed by atoms with Crippen LogP contribution in [0.5, 0.6) is 0 Å². The van der Waals surface area contributed by atoms with Crippen molar-refractivity contribution in [2.24, 2.45) is 0 Å². The molecule has 0 atom stereocenters. The topological polar surface area (TPSA) is 30.0 Å². The van der Waals surface area contributed by atoms with Crippen LogP contribution in [0, 0.1) is 0 Å². The molecule has 18 heavy (non-hydrogen) atoms. The number of rotatable bonds is 3. The molecule has 0 amide bonds. The molecule has 0 N–H and O–H groups in total. The van der Waals surface area contributed by atoms with Crippen LogP contribution < -0.4 is 0 Å². The first kappa shape index (κ1) is 13.1. The molecular formula is C14H11Cl2NO. The summed E-state index contributed by atoms with van der Waals surface area (Å²) >= 11 is 11.7. The lowest BCUT2D eigenvalue weighted by molar-refractivity contribution is 0.103. The van der Waals surface area contributed by atoms with Crippen LogP contribution in [0.3, 0.4) is 0 Å². The van der Waals surface area contributed by atoms with E-state index in [1.165, 1.54) is 17.8 Å². The molecular weight excluding hydrogens is 269 g/mol. The molecule has 2 rings (SSSR count). The van der Waals surface area contributed by atoms with Crippen molar-refractivity contribution in [3.8, 4) is 0 Å². The number of aromatic nitrogens is 1. The van der Waals surface area contributed by atoms with Crippen molar-refractivity contribution in [2.45, 2.75) is 13.3 Å². The Kier molecular flexibility index (Phi) is 4.00. The van der Waals surface area contributed by atoms with Crippen molar-refractivity contribution in [3.05, 3.63) is 63.4 Å². The average Bonchev–Trinajstić information content (AvgIpc) is 2.38. The van der Waals surface area contributed by atoms with Crippen LogP contribution in [-0.2, 0) is 6.42 Å². The second kappa shape index (κ2) is 5.51. The number of hydrogen-bond acceptors (Lipinski definition) is 2. The fraction of sp³-hybridized carbons (Fsp3) is 0.143. The van der Waals surface area contributed by atoms with E-state index in [4.69, 9.17) is 23.2 Å². The molecule has 0 bridgehead atoms. The molecule has 0 aliphatic rings.